The van der Waals surface area contributed by atoms with Crippen LogP contribution in [0.25, 0.3) is 0 Å². The SMILES string of the molecule is CC1(C)C(=O)[C@@]2(C(=O)O)CCC1[C@@H]2Br. The maximum Gasteiger partial charge on any atom is 0.318 e. The van der Waals surface area contributed by atoms with Crippen molar-refractivity contribution in [1.29, 1.82) is 0 Å². The lowest BCUT2D eigenvalue weighted by Crippen LogP contribution is -2.43. The maximum absolute atomic E-state index is 12.1. The number of fused-ring (bicyclic) bond motifs is 2. The Morgan fingerprint density at radius 3 is 2.43 bits per heavy atom. The van der Waals surface area contributed by atoms with E-state index < -0.39 is 16.8 Å². The Morgan fingerprint density at radius 1 is 1.57 bits per heavy atom. The van der Waals surface area contributed by atoms with E-state index in [1.165, 1.54) is 0 Å². The molecule has 2 fully saturated rings. The summed E-state index contributed by atoms with van der Waals surface area (Å²) in [7, 11) is 0. The van der Waals surface area contributed by atoms with Gasteiger partial charge in [-0.05, 0) is 18.8 Å². The molecule has 0 aliphatic heterocycles. The van der Waals surface area contributed by atoms with Crippen LogP contribution in [0.1, 0.15) is 26.7 Å². The second kappa shape index (κ2) is 2.60. The van der Waals surface area contributed by atoms with Gasteiger partial charge in [-0.25, -0.2) is 0 Å². The zero-order chi connectivity index (χ0) is 10.7. The first kappa shape index (κ1) is 10.1. The van der Waals surface area contributed by atoms with Crippen LogP contribution in [-0.4, -0.2) is 21.7 Å². The molecule has 2 aliphatic carbocycles. The minimum absolute atomic E-state index is 0.101. The van der Waals surface area contributed by atoms with Crippen molar-refractivity contribution in [2.24, 2.45) is 16.7 Å². The highest BCUT2D eigenvalue weighted by molar-refractivity contribution is 9.09. The summed E-state index contributed by atoms with van der Waals surface area (Å²) in [5.41, 5.74) is -1.63. The molecule has 2 rings (SSSR count). The average Bonchev–Trinajstić information content (AvgIpc) is 2.47. The molecule has 0 aromatic rings. The van der Waals surface area contributed by atoms with Gasteiger partial charge >= 0.3 is 5.97 Å². The van der Waals surface area contributed by atoms with Crippen molar-refractivity contribution in [3.63, 3.8) is 0 Å². The minimum Gasteiger partial charge on any atom is -0.480 e. The molecule has 4 heteroatoms. The highest BCUT2D eigenvalue weighted by Gasteiger charge is 2.70. The average molecular weight is 261 g/mol. The lowest BCUT2D eigenvalue weighted by molar-refractivity contribution is -0.155. The van der Waals surface area contributed by atoms with Crippen LogP contribution in [0.2, 0.25) is 0 Å². The molecule has 0 amide bonds. The van der Waals surface area contributed by atoms with Gasteiger partial charge in [-0.1, -0.05) is 29.8 Å². The quantitative estimate of drug-likeness (QED) is 0.578. The summed E-state index contributed by atoms with van der Waals surface area (Å²) in [6.45, 7) is 3.72. The summed E-state index contributed by atoms with van der Waals surface area (Å²) >= 11 is 3.40. The van der Waals surface area contributed by atoms with E-state index >= 15 is 0 Å². The molecular weight excluding hydrogens is 248 g/mol. The van der Waals surface area contributed by atoms with Crippen molar-refractivity contribution < 1.29 is 14.7 Å². The number of halogens is 1. The number of hydrogen-bond acceptors (Lipinski definition) is 2. The summed E-state index contributed by atoms with van der Waals surface area (Å²) in [5.74, 6) is -0.890. The molecule has 0 spiro atoms. The number of rotatable bonds is 1. The summed E-state index contributed by atoms with van der Waals surface area (Å²) < 4.78 is 0. The number of Topliss-reactive ketones (excluding diaryl/α,β-unsaturated/α-hetero) is 1. The number of carboxylic acids is 1. The number of ketones is 1. The van der Waals surface area contributed by atoms with Crippen LogP contribution < -0.4 is 0 Å². The molecular formula is C10H13BrO3. The molecule has 0 saturated heterocycles. The fourth-order valence-corrected chi connectivity index (χ4v) is 4.60. The molecule has 2 bridgehead atoms. The van der Waals surface area contributed by atoms with Gasteiger partial charge in [0.25, 0.3) is 0 Å². The zero-order valence-electron chi connectivity index (χ0n) is 8.21. The predicted octanol–water partition coefficient (Wildman–Crippen LogP) is 1.84. The van der Waals surface area contributed by atoms with E-state index in [1.807, 2.05) is 13.8 Å². The van der Waals surface area contributed by atoms with Crippen LogP contribution in [0, 0.1) is 16.7 Å². The molecule has 78 valence electrons. The summed E-state index contributed by atoms with van der Waals surface area (Å²) in [5, 5.41) is 9.21. The number of carbonyl (C=O) groups is 2. The minimum atomic E-state index is -1.14. The van der Waals surface area contributed by atoms with Crippen molar-refractivity contribution in [3.8, 4) is 0 Å². The lowest BCUT2D eigenvalue weighted by Gasteiger charge is -2.30. The molecule has 1 unspecified atom stereocenters. The zero-order valence-corrected chi connectivity index (χ0v) is 9.80. The molecule has 2 aliphatic rings. The highest BCUT2D eigenvalue weighted by atomic mass is 79.9. The fraction of sp³-hybridized carbons (Fsp3) is 0.800. The predicted molar refractivity (Wildman–Crippen MR) is 54.3 cm³/mol. The van der Waals surface area contributed by atoms with E-state index in [9.17, 15) is 14.7 Å². The van der Waals surface area contributed by atoms with Crippen LogP contribution in [-0.2, 0) is 9.59 Å². The second-order valence-corrected chi connectivity index (χ2v) is 5.86. The molecule has 2 saturated carbocycles. The van der Waals surface area contributed by atoms with Gasteiger partial charge in [0.05, 0.1) is 0 Å². The monoisotopic (exact) mass is 260 g/mol. The van der Waals surface area contributed by atoms with Crippen LogP contribution >= 0.6 is 15.9 Å². The van der Waals surface area contributed by atoms with E-state index in [-0.39, 0.29) is 16.5 Å². The summed E-state index contributed by atoms with van der Waals surface area (Å²) in [6.07, 6.45) is 1.33. The third-order valence-electron chi connectivity index (χ3n) is 3.97. The Kier molecular flexibility index (Phi) is 1.88. The Balaban J connectivity index is 2.55. The van der Waals surface area contributed by atoms with E-state index in [4.69, 9.17) is 0 Å². The Labute approximate surface area is 91.0 Å². The van der Waals surface area contributed by atoms with E-state index in [1.54, 1.807) is 0 Å². The standard InChI is InChI=1S/C10H13BrO3/c1-9(2)5-3-4-10(6(5)11,7(9)12)8(13)14/h5-6H,3-4H2,1-2H3,(H,13,14)/t5?,6-,10+/m0/s1. The maximum atomic E-state index is 12.1. The van der Waals surface area contributed by atoms with Gasteiger partial charge in [-0.2, -0.15) is 0 Å². The first-order chi connectivity index (χ1) is 6.35. The molecule has 14 heavy (non-hydrogen) atoms. The van der Waals surface area contributed by atoms with Crippen molar-refractivity contribution in [2.75, 3.05) is 0 Å². The third-order valence-corrected chi connectivity index (χ3v) is 5.39. The Hall–Kier alpha value is -0.380. The molecule has 0 aromatic heterocycles. The van der Waals surface area contributed by atoms with E-state index in [2.05, 4.69) is 15.9 Å². The largest absolute Gasteiger partial charge is 0.480 e. The van der Waals surface area contributed by atoms with Crippen molar-refractivity contribution >= 4 is 27.7 Å². The second-order valence-electron chi connectivity index (χ2n) is 4.87. The smallest absolute Gasteiger partial charge is 0.318 e. The molecule has 3 atom stereocenters. The first-order valence-electron chi connectivity index (χ1n) is 4.77. The van der Waals surface area contributed by atoms with Gasteiger partial charge in [0.2, 0.25) is 0 Å². The van der Waals surface area contributed by atoms with Crippen molar-refractivity contribution in [2.45, 2.75) is 31.5 Å². The van der Waals surface area contributed by atoms with E-state index in [0.29, 0.717) is 6.42 Å². The number of alkyl halides is 1. The van der Waals surface area contributed by atoms with Gasteiger partial charge in [0.15, 0.2) is 5.78 Å². The van der Waals surface area contributed by atoms with Crippen LogP contribution in [0.4, 0.5) is 0 Å². The van der Waals surface area contributed by atoms with Gasteiger partial charge < -0.3 is 5.11 Å². The van der Waals surface area contributed by atoms with Crippen LogP contribution in [0.5, 0.6) is 0 Å². The molecule has 0 aromatic carbocycles. The fourth-order valence-electron chi connectivity index (χ4n) is 3.04. The molecule has 1 N–H and O–H groups in total. The normalized spacial score (nSPS) is 44.4. The first-order valence-corrected chi connectivity index (χ1v) is 5.69. The highest BCUT2D eigenvalue weighted by Crippen LogP contribution is 2.62. The van der Waals surface area contributed by atoms with Gasteiger partial charge in [-0.15, -0.1) is 0 Å². The summed E-state index contributed by atoms with van der Waals surface area (Å²) in [4.78, 5) is 23.1. The number of carboxylic acid groups (broad SMARTS) is 1. The number of aliphatic carboxylic acids is 1. The molecule has 0 radical (unpaired) electrons. The third kappa shape index (κ3) is 0.835. The number of hydrogen-bond donors (Lipinski definition) is 1. The van der Waals surface area contributed by atoms with Crippen LogP contribution in [0.3, 0.4) is 0 Å². The number of carbonyl (C=O) groups excluding carboxylic acids is 1. The van der Waals surface area contributed by atoms with E-state index in [0.717, 1.165) is 6.42 Å². The topological polar surface area (TPSA) is 54.4 Å². The molecule has 3 nitrogen and oxygen atoms in total. The Morgan fingerprint density at radius 2 is 2.14 bits per heavy atom. The molecule has 0 heterocycles. The Bertz CT molecular complexity index is 323. The van der Waals surface area contributed by atoms with Crippen molar-refractivity contribution in [3.05, 3.63) is 0 Å². The van der Waals surface area contributed by atoms with Crippen molar-refractivity contribution in [1.82, 2.24) is 0 Å². The lowest BCUT2D eigenvalue weighted by atomic mass is 9.71. The summed E-state index contributed by atoms with van der Waals surface area (Å²) in [6, 6.07) is 0. The van der Waals surface area contributed by atoms with Crippen LogP contribution in [0.15, 0.2) is 0 Å². The van der Waals surface area contributed by atoms with Gasteiger partial charge in [0, 0.05) is 10.2 Å². The van der Waals surface area contributed by atoms with Gasteiger partial charge in [0.1, 0.15) is 5.41 Å². The van der Waals surface area contributed by atoms with Gasteiger partial charge in [-0.3, -0.25) is 9.59 Å².